The van der Waals surface area contributed by atoms with Crippen molar-refractivity contribution in [3.05, 3.63) is 35.9 Å². The zero-order valence-electron chi connectivity index (χ0n) is 11.0. The lowest BCUT2D eigenvalue weighted by molar-refractivity contribution is 0.434. The summed E-state index contributed by atoms with van der Waals surface area (Å²) in [7, 11) is 0. The van der Waals surface area contributed by atoms with Crippen molar-refractivity contribution >= 4 is 0 Å². The molecular formula is C17H24. The number of hydrogen-bond acceptors (Lipinski definition) is 0. The maximum absolute atomic E-state index is 5.40. The highest BCUT2D eigenvalue weighted by Gasteiger charge is 2.05. The Morgan fingerprint density at radius 2 is 1.88 bits per heavy atom. The molecule has 1 aromatic rings. The molecule has 1 rings (SSSR count). The van der Waals surface area contributed by atoms with Crippen molar-refractivity contribution in [2.75, 3.05) is 0 Å². The minimum Gasteiger partial charge on any atom is -0.120 e. The van der Waals surface area contributed by atoms with Crippen molar-refractivity contribution < 1.29 is 0 Å². The molecular weight excluding hydrogens is 204 g/mol. The largest absolute Gasteiger partial charge is 0.120 e. The SMILES string of the molecule is C#CCC(CCC)CCCCc1ccccc1. The second-order valence-electron chi connectivity index (χ2n) is 4.79. The molecule has 92 valence electrons. The molecule has 1 unspecified atom stereocenters. The Bertz CT molecular complexity index is 318. The number of terminal acetylenes is 1. The van der Waals surface area contributed by atoms with E-state index in [4.69, 9.17) is 6.42 Å². The van der Waals surface area contributed by atoms with E-state index in [0.29, 0.717) is 0 Å². The lowest BCUT2D eigenvalue weighted by Gasteiger charge is -2.12. The summed E-state index contributed by atoms with van der Waals surface area (Å²) in [6, 6.07) is 10.7. The predicted molar refractivity (Wildman–Crippen MR) is 75.8 cm³/mol. The van der Waals surface area contributed by atoms with E-state index in [1.165, 1.54) is 44.1 Å². The third-order valence-corrected chi connectivity index (χ3v) is 3.27. The number of unbranched alkanes of at least 4 members (excludes halogenated alkanes) is 1. The van der Waals surface area contributed by atoms with Crippen LogP contribution >= 0.6 is 0 Å². The molecule has 0 heterocycles. The zero-order valence-corrected chi connectivity index (χ0v) is 11.0. The molecule has 0 aliphatic heterocycles. The van der Waals surface area contributed by atoms with Gasteiger partial charge in [-0.15, -0.1) is 12.3 Å². The summed E-state index contributed by atoms with van der Waals surface area (Å²) in [5.41, 5.74) is 1.46. The van der Waals surface area contributed by atoms with Gasteiger partial charge in [-0.25, -0.2) is 0 Å². The smallest absolute Gasteiger partial charge is 0.0114 e. The van der Waals surface area contributed by atoms with E-state index in [0.717, 1.165) is 12.3 Å². The normalized spacial score (nSPS) is 12.0. The number of aryl methyl sites for hydroxylation is 1. The van der Waals surface area contributed by atoms with Crippen LogP contribution in [-0.4, -0.2) is 0 Å². The van der Waals surface area contributed by atoms with Crippen LogP contribution in [0.1, 0.15) is 51.0 Å². The fourth-order valence-corrected chi connectivity index (χ4v) is 2.33. The Kier molecular flexibility index (Phi) is 7.23. The van der Waals surface area contributed by atoms with Gasteiger partial charge in [-0.3, -0.25) is 0 Å². The summed E-state index contributed by atoms with van der Waals surface area (Å²) in [6.45, 7) is 2.24. The molecule has 0 amide bonds. The van der Waals surface area contributed by atoms with E-state index in [1.54, 1.807) is 0 Å². The van der Waals surface area contributed by atoms with Crippen molar-refractivity contribution in [3.8, 4) is 12.3 Å². The van der Waals surface area contributed by atoms with E-state index in [-0.39, 0.29) is 0 Å². The van der Waals surface area contributed by atoms with Gasteiger partial charge < -0.3 is 0 Å². The van der Waals surface area contributed by atoms with Crippen LogP contribution in [0.2, 0.25) is 0 Å². The third-order valence-electron chi connectivity index (χ3n) is 3.27. The maximum Gasteiger partial charge on any atom is 0.0114 e. The average Bonchev–Trinajstić information content (AvgIpc) is 2.36. The Morgan fingerprint density at radius 1 is 1.12 bits per heavy atom. The van der Waals surface area contributed by atoms with E-state index >= 15 is 0 Å². The molecule has 0 heteroatoms. The Balaban J connectivity index is 2.16. The molecule has 1 atom stereocenters. The molecule has 0 bridgehead atoms. The minimum absolute atomic E-state index is 0.751. The van der Waals surface area contributed by atoms with Crippen LogP contribution < -0.4 is 0 Å². The highest BCUT2D eigenvalue weighted by molar-refractivity contribution is 5.14. The second kappa shape index (κ2) is 8.88. The van der Waals surface area contributed by atoms with E-state index < -0.39 is 0 Å². The molecule has 0 radical (unpaired) electrons. The van der Waals surface area contributed by atoms with Crippen LogP contribution in [0.3, 0.4) is 0 Å². The van der Waals surface area contributed by atoms with E-state index in [9.17, 15) is 0 Å². The van der Waals surface area contributed by atoms with Gasteiger partial charge in [0.25, 0.3) is 0 Å². The predicted octanol–water partition coefficient (Wildman–Crippen LogP) is 4.84. The van der Waals surface area contributed by atoms with Gasteiger partial charge in [-0.2, -0.15) is 0 Å². The minimum atomic E-state index is 0.751. The van der Waals surface area contributed by atoms with Gasteiger partial charge in [0, 0.05) is 6.42 Å². The maximum atomic E-state index is 5.40. The van der Waals surface area contributed by atoms with E-state index in [1.807, 2.05) is 0 Å². The van der Waals surface area contributed by atoms with Gasteiger partial charge >= 0.3 is 0 Å². The summed E-state index contributed by atoms with van der Waals surface area (Å²) in [5.74, 6) is 3.56. The second-order valence-corrected chi connectivity index (χ2v) is 4.79. The van der Waals surface area contributed by atoms with Crippen molar-refractivity contribution in [2.45, 2.75) is 51.9 Å². The Labute approximate surface area is 106 Å². The number of rotatable bonds is 8. The molecule has 1 aromatic carbocycles. The van der Waals surface area contributed by atoms with Crippen LogP contribution in [0, 0.1) is 18.3 Å². The molecule has 0 saturated carbocycles. The van der Waals surface area contributed by atoms with Crippen LogP contribution in [0.15, 0.2) is 30.3 Å². The van der Waals surface area contributed by atoms with Crippen LogP contribution in [0.25, 0.3) is 0 Å². The lowest BCUT2D eigenvalue weighted by Crippen LogP contribution is -1.99. The first-order chi connectivity index (χ1) is 8.36. The summed E-state index contributed by atoms with van der Waals surface area (Å²) in [4.78, 5) is 0. The molecule has 17 heavy (non-hydrogen) atoms. The molecule has 0 spiro atoms. The van der Waals surface area contributed by atoms with Gasteiger partial charge in [-0.1, -0.05) is 50.1 Å². The monoisotopic (exact) mass is 228 g/mol. The van der Waals surface area contributed by atoms with Gasteiger partial charge in [0.05, 0.1) is 0 Å². The molecule has 0 fully saturated rings. The fraction of sp³-hybridized carbons (Fsp3) is 0.529. The Morgan fingerprint density at radius 3 is 2.53 bits per heavy atom. The summed E-state index contributed by atoms with van der Waals surface area (Å²) < 4.78 is 0. The molecule has 0 saturated heterocycles. The van der Waals surface area contributed by atoms with Crippen LogP contribution in [0.4, 0.5) is 0 Å². The highest BCUT2D eigenvalue weighted by atomic mass is 14.1. The van der Waals surface area contributed by atoms with Crippen LogP contribution in [-0.2, 0) is 6.42 Å². The fourth-order valence-electron chi connectivity index (χ4n) is 2.33. The first kappa shape index (κ1) is 13.8. The van der Waals surface area contributed by atoms with Crippen molar-refractivity contribution in [2.24, 2.45) is 5.92 Å². The molecule has 0 nitrogen and oxygen atoms in total. The average molecular weight is 228 g/mol. The van der Waals surface area contributed by atoms with Crippen LogP contribution in [0.5, 0.6) is 0 Å². The molecule has 0 N–H and O–H groups in total. The summed E-state index contributed by atoms with van der Waals surface area (Å²) in [5, 5.41) is 0. The molecule has 0 aliphatic rings. The number of benzene rings is 1. The van der Waals surface area contributed by atoms with E-state index in [2.05, 4.69) is 43.2 Å². The highest BCUT2D eigenvalue weighted by Crippen LogP contribution is 2.19. The zero-order chi connectivity index (χ0) is 12.3. The van der Waals surface area contributed by atoms with Gasteiger partial charge in [0.15, 0.2) is 0 Å². The molecule has 0 aliphatic carbocycles. The van der Waals surface area contributed by atoms with Gasteiger partial charge in [-0.05, 0) is 37.2 Å². The van der Waals surface area contributed by atoms with Crippen molar-refractivity contribution in [1.82, 2.24) is 0 Å². The lowest BCUT2D eigenvalue weighted by atomic mass is 9.93. The third kappa shape index (κ3) is 6.17. The first-order valence-corrected chi connectivity index (χ1v) is 6.84. The standard InChI is InChI=1S/C17H24/c1-3-10-16(11-4-2)14-8-9-15-17-12-6-5-7-13-17/h1,5-7,12-13,16H,4,8-11,14-15H2,2H3. The van der Waals surface area contributed by atoms with Crippen molar-refractivity contribution in [1.29, 1.82) is 0 Å². The van der Waals surface area contributed by atoms with Gasteiger partial charge in [0.1, 0.15) is 0 Å². The quantitative estimate of drug-likeness (QED) is 0.441. The summed E-state index contributed by atoms with van der Waals surface area (Å²) >= 11 is 0. The topological polar surface area (TPSA) is 0 Å². The number of hydrogen-bond donors (Lipinski definition) is 0. The Hall–Kier alpha value is -1.22. The van der Waals surface area contributed by atoms with Crippen molar-refractivity contribution in [3.63, 3.8) is 0 Å². The first-order valence-electron chi connectivity index (χ1n) is 6.84. The summed E-state index contributed by atoms with van der Waals surface area (Å²) in [6.07, 6.45) is 14.0. The molecule has 0 aromatic heterocycles. The van der Waals surface area contributed by atoms with Gasteiger partial charge in [0.2, 0.25) is 0 Å².